The minimum atomic E-state index is 0.395. The van der Waals surface area contributed by atoms with E-state index >= 15 is 0 Å². The van der Waals surface area contributed by atoms with Gasteiger partial charge in [0.1, 0.15) is 6.61 Å². The summed E-state index contributed by atoms with van der Waals surface area (Å²) >= 11 is 12.0. The lowest BCUT2D eigenvalue weighted by atomic mass is 10.1. The fourth-order valence-electron chi connectivity index (χ4n) is 3.53. The van der Waals surface area contributed by atoms with E-state index < -0.39 is 0 Å². The molecular formula is C42H81Cl2N3O3. The van der Waals surface area contributed by atoms with Gasteiger partial charge >= 0.3 is 0 Å². The summed E-state index contributed by atoms with van der Waals surface area (Å²) in [4.78, 5) is 6.41. The molecule has 1 rings (SSSR count). The van der Waals surface area contributed by atoms with Crippen LogP contribution in [0.1, 0.15) is 128 Å². The monoisotopic (exact) mass is 746 g/mol. The largest absolute Gasteiger partial charge is 0.476 e. The second kappa shape index (κ2) is 49.0. The molecular weight excluding hydrogens is 665 g/mol. The zero-order valence-corrected chi connectivity index (χ0v) is 36.5. The summed E-state index contributed by atoms with van der Waals surface area (Å²) in [5, 5.41) is 11.9. The number of halogens is 2. The lowest BCUT2D eigenvalue weighted by molar-refractivity contribution is 0.0900. The van der Waals surface area contributed by atoms with Crippen molar-refractivity contribution >= 4 is 29.4 Å². The molecule has 8 heteroatoms. The maximum atomic E-state index is 7.00. The van der Waals surface area contributed by atoms with Crippen LogP contribution in [-0.2, 0) is 9.47 Å². The Bertz CT molecular complexity index is 908. The lowest BCUT2D eigenvalue weighted by Gasteiger charge is -2.28. The van der Waals surface area contributed by atoms with Crippen LogP contribution in [0.5, 0.6) is 0 Å². The van der Waals surface area contributed by atoms with Gasteiger partial charge in [-0.2, -0.15) is 0 Å². The first-order valence-corrected chi connectivity index (χ1v) is 19.2. The Morgan fingerprint density at radius 3 is 1.88 bits per heavy atom. The predicted octanol–water partition coefficient (Wildman–Crippen LogP) is 12.8. The third kappa shape index (κ3) is 45.9. The smallest absolute Gasteiger partial charge is 0.205 e. The summed E-state index contributed by atoms with van der Waals surface area (Å²) in [5.41, 5.74) is 5.38. The first-order chi connectivity index (χ1) is 24.0. The number of rotatable bonds is 20. The summed E-state index contributed by atoms with van der Waals surface area (Å²) in [5.74, 6) is 0.395. The molecule has 1 aliphatic rings. The molecule has 0 atom stereocenters. The number of ether oxygens (including phenoxy) is 2. The van der Waals surface area contributed by atoms with Gasteiger partial charge in [0.2, 0.25) is 5.88 Å². The first kappa shape index (κ1) is 60.0. The number of aliphatic hydroxyl groups excluding tert-OH is 1. The predicted molar refractivity (Wildman–Crippen MR) is 231 cm³/mol. The standard InChI is InChI=1S/C15H27ClN2.C15H24ClNO2.C5H10.2C2H6.C2H4.CH4O/c1-5-14(11-17-6-2)13(4)18(15-7-8-15)10-9-12(3)16;1-5-7-8-13(3)11-15(16)12-18-9-10-19-14(4)17-6-2;1-4-5(2)3;4*1-2/h15,17H,3,5-11H2,1-2,4H3;6,8,11H,4-5,7,9-10,12H2,1-3H3;2,4H2,1,3H3;2*1-2H3;1-2H2;2H,1H3/b14-13-;13-8-,15-11+,17-6-;;;;;. The summed E-state index contributed by atoms with van der Waals surface area (Å²) in [6, 6.07) is 0.740. The lowest BCUT2D eigenvalue weighted by Crippen LogP contribution is -2.28. The molecule has 0 saturated heterocycles. The van der Waals surface area contributed by atoms with Gasteiger partial charge < -0.3 is 24.8 Å². The second-order valence-electron chi connectivity index (χ2n) is 10.3. The molecule has 0 radical (unpaired) electrons. The molecule has 0 amide bonds. The van der Waals surface area contributed by atoms with E-state index in [1.165, 1.54) is 29.7 Å². The fourth-order valence-corrected chi connectivity index (χ4v) is 3.86. The fraction of sp³-hybridized carbons (Fsp3) is 0.643. The van der Waals surface area contributed by atoms with Gasteiger partial charge in [0, 0.05) is 54.6 Å². The number of unbranched alkanes of at least 4 members (excludes halogenated alkanes) is 1. The highest BCUT2D eigenvalue weighted by Gasteiger charge is 2.29. The average Bonchev–Trinajstić information content (AvgIpc) is 3.97. The van der Waals surface area contributed by atoms with Gasteiger partial charge in [-0.15, -0.1) is 19.7 Å². The van der Waals surface area contributed by atoms with Crippen LogP contribution >= 0.6 is 23.2 Å². The van der Waals surface area contributed by atoms with Gasteiger partial charge in [0.05, 0.1) is 13.2 Å². The topological polar surface area (TPSA) is 66.3 Å². The van der Waals surface area contributed by atoms with Crippen molar-refractivity contribution in [2.45, 2.75) is 134 Å². The van der Waals surface area contributed by atoms with Crippen molar-refractivity contribution in [1.82, 2.24) is 10.2 Å². The van der Waals surface area contributed by atoms with Crippen molar-refractivity contribution in [3.05, 3.63) is 83.4 Å². The summed E-state index contributed by atoms with van der Waals surface area (Å²) in [6.45, 7) is 46.2. The van der Waals surface area contributed by atoms with E-state index in [0.29, 0.717) is 30.7 Å². The molecule has 0 aromatic carbocycles. The zero-order valence-electron chi connectivity index (χ0n) is 35.0. The Balaban J connectivity index is -0.000000145. The van der Waals surface area contributed by atoms with Gasteiger partial charge in [-0.3, -0.25) is 0 Å². The Morgan fingerprint density at radius 1 is 0.940 bits per heavy atom. The van der Waals surface area contributed by atoms with E-state index in [2.05, 4.69) is 88.8 Å². The minimum Gasteiger partial charge on any atom is -0.476 e. The van der Waals surface area contributed by atoms with Crippen LogP contribution in [-0.4, -0.2) is 68.8 Å². The molecule has 6 nitrogen and oxygen atoms in total. The molecule has 1 saturated carbocycles. The van der Waals surface area contributed by atoms with Crippen LogP contribution in [0.4, 0.5) is 0 Å². The Morgan fingerprint density at radius 2 is 1.48 bits per heavy atom. The van der Waals surface area contributed by atoms with Gasteiger partial charge in [-0.25, -0.2) is 4.99 Å². The summed E-state index contributed by atoms with van der Waals surface area (Å²) in [6.07, 6.45) is 13.7. The van der Waals surface area contributed by atoms with Crippen LogP contribution in [0.3, 0.4) is 0 Å². The van der Waals surface area contributed by atoms with Crippen LogP contribution in [0.25, 0.3) is 0 Å². The molecule has 1 aliphatic carbocycles. The summed E-state index contributed by atoms with van der Waals surface area (Å²) < 4.78 is 10.6. The normalized spacial score (nSPS) is 12.1. The number of hydrogen-bond acceptors (Lipinski definition) is 6. The number of nitrogens with zero attached hydrogens (tertiary/aromatic N) is 2. The third-order valence-electron chi connectivity index (χ3n) is 6.32. The van der Waals surface area contributed by atoms with Crippen LogP contribution < -0.4 is 5.32 Å². The Hall–Kier alpha value is -2.09. The molecule has 2 N–H and O–H groups in total. The summed E-state index contributed by atoms with van der Waals surface area (Å²) in [7, 11) is 1.00. The number of allylic oxidation sites excluding steroid dienone is 5. The van der Waals surface area contributed by atoms with E-state index in [-0.39, 0.29) is 0 Å². The van der Waals surface area contributed by atoms with Crippen molar-refractivity contribution in [2.24, 2.45) is 4.99 Å². The SMILES string of the molecule is C=C.C=C(/N=C\C)OCCOC/C(Cl)=C\C(C)=C/CCC.C=C(C)CC.C=C(Cl)CCN(/C(C)=C(/CC)CNCC)C1CC1.CC.CC.CO. The van der Waals surface area contributed by atoms with E-state index in [1.54, 1.807) is 6.21 Å². The number of aliphatic hydroxyl groups is 1. The molecule has 0 aromatic heterocycles. The number of hydrogen-bond donors (Lipinski definition) is 2. The van der Waals surface area contributed by atoms with Crippen LogP contribution in [0.15, 0.2) is 88.4 Å². The van der Waals surface area contributed by atoms with E-state index in [9.17, 15) is 0 Å². The molecule has 0 aliphatic heterocycles. The van der Waals surface area contributed by atoms with Crippen molar-refractivity contribution in [2.75, 3.05) is 46.6 Å². The molecule has 0 unspecified atom stereocenters. The van der Waals surface area contributed by atoms with Gasteiger partial charge in [0.15, 0.2) is 0 Å². The molecule has 0 aromatic rings. The van der Waals surface area contributed by atoms with Crippen molar-refractivity contribution in [3.8, 4) is 0 Å². The first-order valence-electron chi connectivity index (χ1n) is 18.5. The molecule has 0 heterocycles. The molecule has 1 fully saturated rings. The van der Waals surface area contributed by atoms with Gasteiger partial charge in [0.25, 0.3) is 0 Å². The quantitative estimate of drug-likeness (QED) is 0.0427. The molecule has 296 valence electrons. The number of likely N-dealkylation sites (N-methyl/N-ethyl adjacent to an activating group) is 1. The highest BCUT2D eigenvalue weighted by molar-refractivity contribution is 6.30. The third-order valence-corrected chi connectivity index (χ3v) is 6.73. The van der Waals surface area contributed by atoms with E-state index in [4.69, 9.17) is 37.8 Å². The van der Waals surface area contributed by atoms with Crippen molar-refractivity contribution in [3.63, 3.8) is 0 Å². The Labute approximate surface area is 322 Å². The van der Waals surface area contributed by atoms with Gasteiger partial charge in [-0.1, -0.05) is 109 Å². The molecule has 0 spiro atoms. The average molecular weight is 747 g/mol. The maximum Gasteiger partial charge on any atom is 0.205 e. The highest BCUT2D eigenvalue weighted by atomic mass is 35.5. The zero-order chi connectivity index (χ0) is 40.3. The number of aliphatic imine (C=N–C) groups is 1. The highest BCUT2D eigenvalue weighted by Crippen LogP contribution is 2.32. The van der Waals surface area contributed by atoms with Gasteiger partial charge in [-0.05, 0) is 84.6 Å². The minimum absolute atomic E-state index is 0.395. The Kier molecular flexibility index (Phi) is 58.8. The number of nitrogens with one attached hydrogen (secondary N) is 1. The van der Waals surface area contributed by atoms with E-state index in [0.717, 1.165) is 75.5 Å². The second-order valence-corrected chi connectivity index (χ2v) is 11.4. The molecule has 50 heavy (non-hydrogen) atoms. The van der Waals surface area contributed by atoms with Crippen LogP contribution in [0, 0.1) is 0 Å². The molecule has 0 bridgehead atoms. The van der Waals surface area contributed by atoms with E-state index in [1.807, 2.05) is 54.5 Å². The maximum absolute atomic E-state index is 7.00. The van der Waals surface area contributed by atoms with Crippen molar-refractivity contribution < 1.29 is 14.6 Å². The van der Waals surface area contributed by atoms with Crippen LogP contribution in [0.2, 0.25) is 0 Å². The van der Waals surface area contributed by atoms with Crippen molar-refractivity contribution in [1.29, 1.82) is 0 Å².